The Balaban J connectivity index is 2.25. The summed E-state index contributed by atoms with van der Waals surface area (Å²) in [5.41, 5.74) is -0.991. The maximum atomic E-state index is 13.7. The van der Waals surface area contributed by atoms with Gasteiger partial charge < -0.3 is 20.6 Å². The lowest BCUT2D eigenvalue weighted by molar-refractivity contribution is -0.152. The number of urea groups is 1. The first kappa shape index (κ1) is 30.4. The number of carbonyl (C=O) groups excluding carboxylic acids is 2. The van der Waals surface area contributed by atoms with E-state index in [-0.39, 0.29) is 11.3 Å². The molecule has 1 heterocycles. The van der Waals surface area contributed by atoms with Gasteiger partial charge in [0.05, 0.1) is 10.00 Å². The largest absolute Gasteiger partial charge is 0.480 e. The first-order valence-corrected chi connectivity index (χ1v) is 14.6. The van der Waals surface area contributed by atoms with Gasteiger partial charge in [-0.3, -0.25) is 4.79 Å². The fraction of sp³-hybridized carbons (Fsp3) is 0.885. The van der Waals surface area contributed by atoms with Gasteiger partial charge >= 0.3 is 12.0 Å². The molecule has 1 saturated carbocycles. The van der Waals surface area contributed by atoms with Crippen LogP contribution in [0.2, 0.25) is 0 Å². The van der Waals surface area contributed by atoms with E-state index in [1.54, 1.807) is 20.8 Å². The van der Waals surface area contributed by atoms with Crippen LogP contribution in [-0.4, -0.2) is 71.0 Å². The summed E-state index contributed by atoms with van der Waals surface area (Å²) in [5, 5.41) is 14.9. The molecule has 0 unspecified atom stereocenters. The van der Waals surface area contributed by atoms with Crippen LogP contribution in [0.1, 0.15) is 94.4 Å². The molecule has 9 nitrogen and oxygen atoms in total. The molecule has 10 heteroatoms. The zero-order valence-corrected chi connectivity index (χ0v) is 24.3. The minimum Gasteiger partial charge on any atom is -0.480 e. The number of nitrogens with zero attached hydrogens (tertiary/aromatic N) is 1. The molecule has 208 valence electrons. The number of likely N-dealkylation sites (tertiary alicyclic amines) is 1. The maximum Gasteiger partial charge on any atom is 0.326 e. The highest BCUT2D eigenvalue weighted by Gasteiger charge is 2.50. The van der Waals surface area contributed by atoms with Crippen LogP contribution in [0.5, 0.6) is 0 Å². The predicted octanol–water partition coefficient (Wildman–Crippen LogP) is 3.57. The van der Waals surface area contributed by atoms with Gasteiger partial charge in [0.2, 0.25) is 5.91 Å². The average Bonchev–Trinajstić information content (AvgIpc) is 3.16. The van der Waals surface area contributed by atoms with E-state index in [4.69, 9.17) is 0 Å². The molecule has 36 heavy (non-hydrogen) atoms. The number of sulfone groups is 1. The highest BCUT2D eigenvalue weighted by Crippen LogP contribution is 2.39. The molecule has 0 aromatic rings. The van der Waals surface area contributed by atoms with E-state index in [1.165, 1.54) is 4.90 Å². The Kier molecular flexibility index (Phi) is 8.86. The third kappa shape index (κ3) is 6.53. The molecule has 2 fully saturated rings. The van der Waals surface area contributed by atoms with E-state index in [2.05, 4.69) is 10.6 Å². The molecule has 2 aliphatic rings. The molecule has 0 spiro atoms. The van der Waals surface area contributed by atoms with Crippen molar-refractivity contribution in [2.45, 2.75) is 123 Å². The van der Waals surface area contributed by atoms with Crippen molar-refractivity contribution in [3.05, 3.63) is 0 Å². The van der Waals surface area contributed by atoms with Crippen molar-refractivity contribution in [2.24, 2.45) is 16.7 Å². The second kappa shape index (κ2) is 10.5. The number of carboxylic acid groups (broad SMARTS) is 1. The second-order valence-electron chi connectivity index (χ2n) is 13.6. The molecule has 1 saturated heterocycles. The third-order valence-electron chi connectivity index (χ3n) is 7.71. The van der Waals surface area contributed by atoms with Crippen molar-refractivity contribution in [1.29, 1.82) is 0 Å². The van der Waals surface area contributed by atoms with Gasteiger partial charge in [0.1, 0.15) is 12.1 Å². The summed E-state index contributed by atoms with van der Waals surface area (Å²) in [4.78, 5) is 40.4. The van der Waals surface area contributed by atoms with Gasteiger partial charge in [0.25, 0.3) is 0 Å². The zero-order valence-electron chi connectivity index (χ0n) is 23.5. The van der Waals surface area contributed by atoms with Crippen LogP contribution in [-0.2, 0) is 19.4 Å². The Morgan fingerprint density at radius 2 is 1.47 bits per heavy atom. The summed E-state index contributed by atoms with van der Waals surface area (Å²) in [6.07, 6.45) is 3.19. The van der Waals surface area contributed by atoms with Crippen molar-refractivity contribution < 1.29 is 27.9 Å². The van der Waals surface area contributed by atoms with Crippen LogP contribution < -0.4 is 10.6 Å². The number of amides is 3. The number of carboxylic acids is 1. The number of hydrogen-bond acceptors (Lipinski definition) is 5. The number of aliphatic carboxylic acids is 1. The Morgan fingerprint density at radius 3 is 1.94 bits per heavy atom. The van der Waals surface area contributed by atoms with Crippen LogP contribution in [0.4, 0.5) is 4.79 Å². The minimum absolute atomic E-state index is 0.209. The smallest absolute Gasteiger partial charge is 0.326 e. The summed E-state index contributed by atoms with van der Waals surface area (Å²) < 4.78 is 25.4. The van der Waals surface area contributed by atoms with E-state index < -0.39 is 61.3 Å². The first-order chi connectivity index (χ1) is 16.2. The molecular formula is C26H47N3O6S. The molecule has 5 atom stereocenters. The molecule has 1 aliphatic heterocycles. The van der Waals surface area contributed by atoms with Crippen LogP contribution >= 0.6 is 0 Å². The van der Waals surface area contributed by atoms with Crippen LogP contribution in [0.25, 0.3) is 0 Å². The number of rotatable bonds is 5. The maximum absolute atomic E-state index is 13.7. The van der Waals surface area contributed by atoms with E-state index in [1.807, 2.05) is 41.5 Å². The lowest BCUT2D eigenvalue weighted by Gasteiger charge is -2.38. The van der Waals surface area contributed by atoms with Gasteiger partial charge in [-0.2, -0.15) is 0 Å². The van der Waals surface area contributed by atoms with Gasteiger partial charge in [-0.1, -0.05) is 54.4 Å². The predicted molar refractivity (Wildman–Crippen MR) is 140 cm³/mol. The Labute approximate surface area is 217 Å². The van der Waals surface area contributed by atoms with Gasteiger partial charge in [0, 0.05) is 12.6 Å². The number of carbonyl (C=O) groups is 3. The van der Waals surface area contributed by atoms with E-state index >= 15 is 0 Å². The fourth-order valence-electron chi connectivity index (χ4n) is 5.49. The van der Waals surface area contributed by atoms with Gasteiger partial charge in [0.15, 0.2) is 9.84 Å². The lowest BCUT2D eigenvalue weighted by atomic mass is 9.76. The molecular weight excluding hydrogens is 482 g/mol. The van der Waals surface area contributed by atoms with Crippen LogP contribution in [0.3, 0.4) is 0 Å². The SMILES string of the molecule is CC(C)(C)[C@H](NC(=O)N[C@H]1CCCC[C@H]1S(=O)(=O)C(C)(C)C)C(=O)N1CC[C@H](C(C)(C)C)[C@H]1C(=O)O. The van der Waals surface area contributed by atoms with E-state index in [0.29, 0.717) is 25.8 Å². The van der Waals surface area contributed by atoms with Crippen molar-refractivity contribution in [1.82, 2.24) is 15.5 Å². The molecule has 1 aliphatic carbocycles. The van der Waals surface area contributed by atoms with E-state index in [0.717, 1.165) is 12.8 Å². The fourth-order valence-corrected chi connectivity index (χ4v) is 7.52. The molecule has 0 bridgehead atoms. The van der Waals surface area contributed by atoms with Crippen molar-refractivity contribution in [2.75, 3.05) is 6.54 Å². The Morgan fingerprint density at radius 1 is 0.917 bits per heavy atom. The third-order valence-corrected chi connectivity index (χ3v) is 10.8. The Bertz CT molecular complexity index is 942. The Hall–Kier alpha value is -1.84. The van der Waals surface area contributed by atoms with Crippen molar-refractivity contribution >= 4 is 27.7 Å². The highest BCUT2D eigenvalue weighted by molar-refractivity contribution is 7.93. The summed E-state index contributed by atoms with van der Waals surface area (Å²) in [6, 6.07) is -3.10. The summed E-state index contributed by atoms with van der Waals surface area (Å²) in [6.45, 7) is 16.7. The molecule has 0 aromatic heterocycles. The summed E-state index contributed by atoms with van der Waals surface area (Å²) in [7, 11) is -3.50. The summed E-state index contributed by atoms with van der Waals surface area (Å²) in [5.74, 6) is -1.69. The quantitative estimate of drug-likeness (QED) is 0.499. The highest BCUT2D eigenvalue weighted by atomic mass is 32.2. The average molecular weight is 530 g/mol. The first-order valence-electron chi connectivity index (χ1n) is 13.0. The van der Waals surface area contributed by atoms with Crippen molar-refractivity contribution in [3.8, 4) is 0 Å². The number of hydrogen-bond donors (Lipinski definition) is 3. The zero-order chi connectivity index (χ0) is 27.9. The van der Waals surface area contributed by atoms with E-state index in [9.17, 15) is 27.9 Å². The second-order valence-corrected chi connectivity index (χ2v) is 16.5. The molecule has 3 amide bonds. The monoisotopic (exact) mass is 529 g/mol. The molecule has 0 aromatic carbocycles. The minimum atomic E-state index is -3.50. The normalized spacial score (nSPS) is 26.9. The van der Waals surface area contributed by atoms with Gasteiger partial charge in [-0.15, -0.1) is 0 Å². The lowest BCUT2D eigenvalue weighted by Crippen LogP contribution is -2.61. The van der Waals surface area contributed by atoms with Gasteiger partial charge in [-0.25, -0.2) is 18.0 Å². The van der Waals surface area contributed by atoms with Crippen LogP contribution in [0, 0.1) is 16.7 Å². The standard InChI is InChI=1S/C26H47N3O6S/c1-24(2,3)16-14-15-29(19(16)22(31)32)21(30)20(25(4,5)6)28-23(33)27-17-12-10-11-13-18(17)36(34,35)26(7,8)9/h16-20H,10-15H2,1-9H3,(H,31,32)(H2,27,28,33)/t16-,17-,18+,19-,20+/m0/s1. The van der Waals surface area contributed by atoms with Gasteiger partial charge in [-0.05, 0) is 56.8 Å². The topological polar surface area (TPSA) is 133 Å². The number of nitrogens with one attached hydrogen (secondary N) is 2. The molecule has 0 radical (unpaired) electrons. The van der Waals surface area contributed by atoms with Crippen molar-refractivity contribution in [3.63, 3.8) is 0 Å². The molecule has 2 rings (SSSR count). The molecule has 3 N–H and O–H groups in total. The van der Waals surface area contributed by atoms with Crippen LogP contribution in [0.15, 0.2) is 0 Å². The summed E-state index contributed by atoms with van der Waals surface area (Å²) >= 11 is 0.